The summed E-state index contributed by atoms with van der Waals surface area (Å²) in [6.45, 7) is 0. The number of alkyl halides is 3. The zero-order valence-electron chi connectivity index (χ0n) is 9.10. The highest BCUT2D eigenvalue weighted by atomic mass is 19.4. The van der Waals surface area contributed by atoms with Crippen LogP contribution in [0.15, 0.2) is 12.1 Å². The Kier molecular flexibility index (Phi) is 3.18. The van der Waals surface area contributed by atoms with Crippen molar-refractivity contribution in [1.82, 2.24) is 0 Å². The second-order valence-corrected chi connectivity index (χ2v) is 4.22. The van der Waals surface area contributed by atoms with Gasteiger partial charge in [-0.3, -0.25) is 0 Å². The van der Waals surface area contributed by atoms with Gasteiger partial charge >= 0.3 is 6.36 Å². The highest BCUT2D eigenvalue weighted by Crippen LogP contribution is 2.41. The zero-order valence-corrected chi connectivity index (χ0v) is 9.10. The van der Waals surface area contributed by atoms with E-state index in [2.05, 4.69) is 4.74 Å². The molecule has 2 nitrogen and oxygen atoms in total. The smallest absolute Gasteiger partial charge is 0.403 e. The maximum absolute atomic E-state index is 13.5. The summed E-state index contributed by atoms with van der Waals surface area (Å²) >= 11 is 0. The standard InChI is InChI=1S/C11H10F5NO/c12-7-4-9(18-11(14,15)16)8(13)3-6(7)10(17)5-1-2-5/h3-5,10H,1-2,17H2. The lowest BCUT2D eigenvalue weighted by atomic mass is 10.0. The molecule has 7 heteroatoms. The topological polar surface area (TPSA) is 35.2 Å². The van der Waals surface area contributed by atoms with E-state index in [1.54, 1.807) is 0 Å². The monoisotopic (exact) mass is 267 g/mol. The quantitative estimate of drug-likeness (QED) is 0.853. The molecule has 1 fully saturated rings. The third-order valence-corrected chi connectivity index (χ3v) is 2.77. The first-order valence-corrected chi connectivity index (χ1v) is 5.28. The van der Waals surface area contributed by atoms with Crippen LogP contribution in [0.1, 0.15) is 24.4 Å². The van der Waals surface area contributed by atoms with Crippen molar-refractivity contribution in [3.05, 3.63) is 29.3 Å². The van der Waals surface area contributed by atoms with E-state index in [0.29, 0.717) is 12.1 Å². The van der Waals surface area contributed by atoms with Crippen molar-refractivity contribution in [3.63, 3.8) is 0 Å². The molecule has 0 saturated heterocycles. The molecular formula is C11H10F5NO. The fourth-order valence-electron chi connectivity index (χ4n) is 1.71. The van der Waals surface area contributed by atoms with E-state index in [0.717, 1.165) is 12.8 Å². The Hall–Kier alpha value is -1.37. The summed E-state index contributed by atoms with van der Waals surface area (Å²) in [4.78, 5) is 0. The molecule has 2 rings (SSSR count). The number of nitrogens with two attached hydrogens (primary N) is 1. The summed E-state index contributed by atoms with van der Waals surface area (Å²) in [5, 5.41) is 0. The highest BCUT2D eigenvalue weighted by Gasteiger charge is 2.35. The van der Waals surface area contributed by atoms with Crippen LogP contribution in [0, 0.1) is 17.6 Å². The molecular weight excluding hydrogens is 257 g/mol. The first kappa shape index (κ1) is 13.1. The van der Waals surface area contributed by atoms with Gasteiger partial charge < -0.3 is 10.5 Å². The summed E-state index contributed by atoms with van der Waals surface area (Å²) in [6.07, 6.45) is -3.44. The van der Waals surface area contributed by atoms with Crippen LogP contribution in [-0.4, -0.2) is 6.36 Å². The molecule has 100 valence electrons. The van der Waals surface area contributed by atoms with E-state index in [9.17, 15) is 22.0 Å². The Bertz CT molecular complexity index is 455. The van der Waals surface area contributed by atoms with E-state index < -0.39 is 29.8 Å². The SMILES string of the molecule is NC(c1cc(F)c(OC(F)(F)F)cc1F)C1CC1. The molecule has 1 aliphatic rings. The molecule has 0 radical (unpaired) electrons. The molecule has 0 aliphatic heterocycles. The summed E-state index contributed by atoms with van der Waals surface area (Å²) in [6, 6.07) is 0.346. The van der Waals surface area contributed by atoms with E-state index in [1.807, 2.05) is 0 Å². The van der Waals surface area contributed by atoms with Gasteiger partial charge in [0.25, 0.3) is 0 Å². The second kappa shape index (κ2) is 4.38. The summed E-state index contributed by atoms with van der Waals surface area (Å²) in [7, 11) is 0. The van der Waals surface area contributed by atoms with E-state index >= 15 is 0 Å². The van der Waals surface area contributed by atoms with Gasteiger partial charge in [0.05, 0.1) is 0 Å². The minimum absolute atomic E-state index is 0.0632. The Morgan fingerprint density at radius 1 is 1.17 bits per heavy atom. The average Bonchev–Trinajstić information content (AvgIpc) is 3.03. The fourth-order valence-corrected chi connectivity index (χ4v) is 1.71. The molecule has 1 saturated carbocycles. The molecule has 1 unspecified atom stereocenters. The number of hydrogen-bond acceptors (Lipinski definition) is 2. The molecule has 1 aromatic carbocycles. The van der Waals surface area contributed by atoms with Crippen molar-refractivity contribution in [2.45, 2.75) is 25.2 Å². The van der Waals surface area contributed by atoms with E-state index in [1.165, 1.54) is 0 Å². The Morgan fingerprint density at radius 2 is 1.78 bits per heavy atom. The van der Waals surface area contributed by atoms with Gasteiger partial charge in [-0.1, -0.05) is 0 Å². The minimum atomic E-state index is -5.06. The van der Waals surface area contributed by atoms with Gasteiger partial charge in [0.15, 0.2) is 11.6 Å². The molecule has 0 heterocycles. The second-order valence-electron chi connectivity index (χ2n) is 4.22. The molecule has 2 N–H and O–H groups in total. The molecule has 18 heavy (non-hydrogen) atoms. The lowest BCUT2D eigenvalue weighted by molar-refractivity contribution is -0.275. The third-order valence-electron chi connectivity index (χ3n) is 2.77. The van der Waals surface area contributed by atoms with Gasteiger partial charge in [-0.05, 0) is 24.8 Å². The van der Waals surface area contributed by atoms with Crippen molar-refractivity contribution in [2.75, 3.05) is 0 Å². The normalized spacial score (nSPS) is 17.7. The van der Waals surface area contributed by atoms with Gasteiger partial charge in [-0.2, -0.15) is 0 Å². The molecule has 1 aliphatic carbocycles. The predicted molar refractivity (Wildman–Crippen MR) is 52.7 cm³/mol. The van der Waals surface area contributed by atoms with Crippen LogP contribution >= 0.6 is 0 Å². The van der Waals surface area contributed by atoms with Crippen molar-refractivity contribution < 1.29 is 26.7 Å². The molecule has 1 atom stereocenters. The Labute approximate surface area is 99.5 Å². The maximum atomic E-state index is 13.5. The summed E-state index contributed by atoms with van der Waals surface area (Å²) in [5.41, 5.74) is 5.56. The predicted octanol–water partition coefficient (Wildman–Crippen LogP) is 3.27. The van der Waals surface area contributed by atoms with Crippen LogP contribution in [0.4, 0.5) is 22.0 Å². The van der Waals surface area contributed by atoms with Crippen LogP contribution in [0.5, 0.6) is 5.75 Å². The molecule has 1 aromatic rings. The number of ether oxygens (including phenoxy) is 1. The van der Waals surface area contributed by atoms with Gasteiger partial charge in [0.1, 0.15) is 5.82 Å². The summed E-state index contributed by atoms with van der Waals surface area (Å²) < 4.78 is 66.0. The number of benzene rings is 1. The molecule has 0 aromatic heterocycles. The van der Waals surface area contributed by atoms with Crippen molar-refractivity contribution in [3.8, 4) is 5.75 Å². The lowest BCUT2D eigenvalue weighted by Crippen LogP contribution is -2.19. The first-order chi connectivity index (χ1) is 8.28. The van der Waals surface area contributed by atoms with Gasteiger partial charge in [0.2, 0.25) is 0 Å². The fraction of sp³-hybridized carbons (Fsp3) is 0.455. The minimum Gasteiger partial charge on any atom is -0.403 e. The number of rotatable bonds is 3. The van der Waals surface area contributed by atoms with Gasteiger partial charge in [0, 0.05) is 17.7 Å². The van der Waals surface area contributed by atoms with Crippen LogP contribution in [0.3, 0.4) is 0 Å². The van der Waals surface area contributed by atoms with Crippen LogP contribution in [0.2, 0.25) is 0 Å². The van der Waals surface area contributed by atoms with E-state index in [4.69, 9.17) is 5.73 Å². The maximum Gasteiger partial charge on any atom is 0.573 e. The van der Waals surface area contributed by atoms with Gasteiger partial charge in [-0.15, -0.1) is 13.2 Å². The third kappa shape index (κ3) is 2.90. The van der Waals surface area contributed by atoms with Crippen molar-refractivity contribution in [2.24, 2.45) is 11.7 Å². The molecule has 0 bridgehead atoms. The first-order valence-electron chi connectivity index (χ1n) is 5.28. The van der Waals surface area contributed by atoms with E-state index in [-0.39, 0.29) is 11.5 Å². The van der Waals surface area contributed by atoms with Crippen LogP contribution in [-0.2, 0) is 0 Å². The van der Waals surface area contributed by atoms with Crippen molar-refractivity contribution in [1.29, 1.82) is 0 Å². The number of hydrogen-bond donors (Lipinski definition) is 1. The average molecular weight is 267 g/mol. The largest absolute Gasteiger partial charge is 0.573 e. The highest BCUT2D eigenvalue weighted by molar-refractivity contribution is 5.33. The van der Waals surface area contributed by atoms with Crippen LogP contribution in [0.25, 0.3) is 0 Å². The molecule has 0 spiro atoms. The molecule has 0 amide bonds. The number of halogens is 5. The summed E-state index contributed by atoms with van der Waals surface area (Å²) in [5.74, 6) is -3.39. The van der Waals surface area contributed by atoms with Crippen molar-refractivity contribution >= 4 is 0 Å². The Morgan fingerprint density at radius 3 is 2.28 bits per heavy atom. The lowest BCUT2D eigenvalue weighted by Gasteiger charge is -2.15. The van der Waals surface area contributed by atoms with Crippen LogP contribution < -0.4 is 10.5 Å². The van der Waals surface area contributed by atoms with Gasteiger partial charge in [-0.25, -0.2) is 8.78 Å². The zero-order chi connectivity index (χ0) is 13.5. The Balaban J connectivity index is 2.28.